The Morgan fingerprint density at radius 3 is 2.50 bits per heavy atom. The van der Waals surface area contributed by atoms with Crippen LogP contribution in [0.4, 0.5) is 0 Å². The molecular weight excluding hydrogens is 148 g/mol. The summed E-state index contributed by atoms with van der Waals surface area (Å²) >= 11 is 0. The van der Waals surface area contributed by atoms with Crippen LogP contribution in [0.3, 0.4) is 0 Å². The van der Waals surface area contributed by atoms with Crippen LogP contribution >= 0.6 is 0 Å². The lowest BCUT2D eigenvalue weighted by atomic mass is 9.99. The molecule has 1 rings (SSSR count). The molecule has 1 aliphatic rings. The molecule has 1 atom stereocenters. The molecular formula is C10H20N2. The van der Waals surface area contributed by atoms with E-state index in [1.165, 1.54) is 13.0 Å². The van der Waals surface area contributed by atoms with Crippen molar-refractivity contribution in [2.45, 2.75) is 33.2 Å². The Kier molecular flexibility index (Phi) is 2.89. The third-order valence-corrected chi connectivity index (χ3v) is 2.04. The molecule has 1 fully saturated rings. The lowest BCUT2D eigenvalue weighted by Crippen LogP contribution is -2.16. The molecule has 0 aliphatic carbocycles. The summed E-state index contributed by atoms with van der Waals surface area (Å²) < 4.78 is 0. The van der Waals surface area contributed by atoms with Gasteiger partial charge in [0.2, 0.25) is 0 Å². The first kappa shape index (κ1) is 9.72. The van der Waals surface area contributed by atoms with Crippen LogP contribution in [0.2, 0.25) is 0 Å². The highest BCUT2D eigenvalue weighted by Gasteiger charge is 2.18. The van der Waals surface area contributed by atoms with Gasteiger partial charge in [0, 0.05) is 12.8 Å². The van der Waals surface area contributed by atoms with E-state index in [9.17, 15) is 0 Å². The largest absolute Gasteiger partial charge is 0.304 e. The van der Waals surface area contributed by atoms with Gasteiger partial charge >= 0.3 is 0 Å². The average molecular weight is 168 g/mol. The Morgan fingerprint density at radius 2 is 2.08 bits per heavy atom. The van der Waals surface area contributed by atoms with Crippen molar-refractivity contribution < 1.29 is 0 Å². The molecule has 1 heterocycles. The number of hydrogen-bond donors (Lipinski definition) is 0. The number of likely N-dealkylation sites (N-methyl/N-ethyl adjacent to an activating group) is 1. The topological polar surface area (TPSA) is 15.6 Å². The molecule has 0 amide bonds. The minimum Gasteiger partial charge on any atom is -0.304 e. The summed E-state index contributed by atoms with van der Waals surface area (Å²) in [4.78, 5) is 6.92. The maximum atomic E-state index is 4.58. The number of aliphatic imine (C=N–C) groups is 1. The first-order valence-electron chi connectivity index (χ1n) is 4.70. The van der Waals surface area contributed by atoms with Crippen molar-refractivity contribution in [1.29, 1.82) is 0 Å². The summed E-state index contributed by atoms with van der Waals surface area (Å²) in [6, 6.07) is 0.550. The van der Waals surface area contributed by atoms with Crippen LogP contribution in [0, 0.1) is 5.41 Å². The molecule has 0 aromatic carbocycles. The van der Waals surface area contributed by atoms with Crippen molar-refractivity contribution in [3.63, 3.8) is 0 Å². The van der Waals surface area contributed by atoms with Crippen LogP contribution in [0.25, 0.3) is 0 Å². The van der Waals surface area contributed by atoms with E-state index in [1.807, 2.05) is 0 Å². The fourth-order valence-electron chi connectivity index (χ4n) is 1.36. The molecule has 70 valence electrons. The maximum Gasteiger partial charge on any atom is 0.0634 e. The van der Waals surface area contributed by atoms with Gasteiger partial charge < -0.3 is 4.90 Å². The van der Waals surface area contributed by atoms with Gasteiger partial charge in [-0.05, 0) is 25.4 Å². The number of rotatable bonds is 1. The van der Waals surface area contributed by atoms with Gasteiger partial charge in [0.15, 0.2) is 0 Å². The minimum absolute atomic E-state index is 0.237. The molecule has 2 heteroatoms. The molecule has 12 heavy (non-hydrogen) atoms. The van der Waals surface area contributed by atoms with E-state index >= 15 is 0 Å². The molecule has 1 unspecified atom stereocenters. The number of likely N-dealkylation sites (tertiary alicyclic amines) is 1. The fourth-order valence-corrected chi connectivity index (χ4v) is 1.36. The van der Waals surface area contributed by atoms with Gasteiger partial charge in [0.25, 0.3) is 0 Å². The second-order valence-electron chi connectivity index (χ2n) is 4.85. The SMILES string of the molecule is CN1CCC(N=CC(C)(C)C)C1. The van der Waals surface area contributed by atoms with Crippen molar-refractivity contribution in [2.75, 3.05) is 20.1 Å². The van der Waals surface area contributed by atoms with Crippen molar-refractivity contribution in [1.82, 2.24) is 4.90 Å². The first-order valence-corrected chi connectivity index (χ1v) is 4.70. The predicted molar refractivity (Wildman–Crippen MR) is 53.8 cm³/mol. The number of nitrogens with zero attached hydrogens (tertiary/aromatic N) is 2. The van der Waals surface area contributed by atoms with Gasteiger partial charge in [-0.3, -0.25) is 4.99 Å². The molecule has 0 N–H and O–H groups in total. The van der Waals surface area contributed by atoms with Gasteiger partial charge in [0.1, 0.15) is 0 Å². The maximum absolute atomic E-state index is 4.58. The molecule has 0 radical (unpaired) electrons. The summed E-state index contributed by atoms with van der Waals surface area (Å²) in [5.41, 5.74) is 0.237. The average Bonchev–Trinajstić information content (AvgIpc) is 2.30. The van der Waals surface area contributed by atoms with Gasteiger partial charge in [-0.25, -0.2) is 0 Å². The van der Waals surface area contributed by atoms with Crippen LogP contribution in [0.1, 0.15) is 27.2 Å². The normalized spacial score (nSPS) is 27.2. The lowest BCUT2D eigenvalue weighted by Gasteiger charge is -2.12. The minimum atomic E-state index is 0.237. The van der Waals surface area contributed by atoms with Crippen molar-refractivity contribution in [3.8, 4) is 0 Å². The van der Waals surface area contributed by atoms with Crippen molar-refractivity contribution >= 4 is 6.21 Å². The Hall–Kier alpha value is -0.370. The fraction of sp³-hybridized carbons (Fsp3) is 0.900. The Bertz CT molecular complexity index is 167. The Morgan fingerprint density at radius 1 is 1.42 bits per heavy atom. The van der Waals surface area contributed by atoms with E-state index in [0.717, 1.165) is 6.54 Å². The van der Waals surface area contributed by atoms with Crippen LogP contribution in [0.5, 0.6) is 0 Å². The zero-order valence-corrected chi connectivity index (χ0v) is 8.67. The zero-order chi connectivity index (χ0) is 9.19. The highest BCUT2D eigenvalue weighted by molar-refractivity contribution is 5.64. The van der Waals surface area contributed by atoms with E-state index < -0.39 is 0 Å². The van der Waals surface area contributed by atoms with Crippen LogP contribution in [0.15, 0.2) is 4.99 Å². The first-order chi connectivity index (χ1) is 5.47. The summed E-state index contributed by atoms with van der Waals surface area (Å²) in [6.07, 6.45) is 3.32. The van der Waals surface area contributed by atoms with E-state index in [2.05, 4.69) is 43.9 Å². The predicted octanol–water partition coefficient (Wildman–Crippen LogP) is 1.81. The quantitative estimate of drug-likeness (QED) is 0.545. The van der Waals surface area contributed by atoms with Crippen molar-refractivity contribution in [2.24, 2.45) is 10.4 Å². The second kappa shape index (κ2) is 3.56. The molecule has 2 nitrogen and oxygen atoms in total. The van der Waals surface area contributed by atoms with E-state index in [4.69, 9.17) is 0 Å². The zero-order valence-electron chi connectivity index (χ0n) is 8.67. The van der Waals surface area contributed by atoms with Gasteiger partial charge in [-0.2, -0.15) is 0 Å². The summed E-state index contributed by atoms with van der Waals surface area (Å²) in [6.45, 7) is 8.90. The Balaban J connectivity index is 2.37. The van der Waals surface area contributed by atoms with Gasteiger partial charge in [0.05, 0.1) is 6.04 Å². The molecule has 0 spiro atoms. The summed E-state index contributed by atoms with van der Waals surface area (Å²) in [5, 5.41) is 0. The number of hydrogen-bond acceptors (Lipinski definition) is 2. The molecule has 1 aliphatic heterocycles. The third kappa shape index (κ3) is 3.35. The highest BCUT2D eigenvalue weighted by Crippen LogP contribution is 2.13. The van der Waals surface area contributed by atoms with E-state index in [0.29, 0.717) is 6.04 Å². The van der Waals surface area contributed by atoms with E-state index in [1.54, 1.807) is 0 Å². The summed E-state index contributed by atoms with van der Waals surface area (Å²) in [5.74, 6) is 0. The third-order valence-electron chi connectivity index (χ3n) is 2.04. The van der Waals surface area contributed by atoms with Crippen LogP contribution in [-0.4, -0.2) is 37.3 Å². The lowest BCUT2D eigenvalue weighted by molar-refractivity contribution is 0.411. The van der Waals surface area contributed by atoms with Crippen LogP contribution < -0.4 is 0 Å². The van der Waals surface area contributed by atoms with E-state index in [-0.39, 0.29) is 5.41 Å². The molecule has 0 aromatic heterocycles. The smallest absolute Gasteiger partial charge is 0.0634 e. The highest BCUT2D eigenvalue weighted by atomic mass is 15.1. The molecule has 1 saturated heterocycles. The Labute approximate surface area is 75.7 Å². The van der Waals surface area contributed by atoms with Crippen LogP contribution in [-0.2, 0) is 0 Å². The van der Waals surface area contributed by atoms with Gasteiger partial charge in [-0.1, -0.05) is 20.8 Å². The molecule has 0 bridgehead atoms. The van der Waals surface area contributed by atoms with Gasteiger partial charge in [-0.15, -0.1) is 0 Å². The monoisotopic (exact) mass is 168 g/mol. The molecule has 0 saturated carbocycles. The molecule has 0 aromatic rings. The summed E-state index contributed by atoms with van der Waals surface area (Å²) in [7, 11) is 2.16. The standard InChI is InChI=1S/C10H20N2/c1-10(2,3)8-11-9-5-6-12(4)7-9/h8-9H,5-7H2,1-4H3. The second-order valence-corrected chi connectivity index (χ2v) is 4.85. The van der Waals surface area contributed by atoms with Crippen molar-refractivity contribution in [3.05, 3.63) is 0 Å².